The van der Waals surface area contributed by atoms with E-state index in [4.69, 9.17) is 10.8 Å². The molecule has 2 N–H and O–H groups in total. The van der Waals surface area contributed by atoms with Crippen LogP contribution in [-0.2, 0) is 11.3 Å². The van der Waals surface area contributed by atoms with Gasteiger partial charge in [-0.25, -0.2) is 9.55 Å². The summed E-state index contributed by atoms with van der Waals surface area (Å²) >= 11 is 0.486. The lowest BCUT2D eigenvalue weighted by atomic mass is 9.99. The van der Waals surface area contributed by atoms with Crippen LogP contribution in [0.2, 0.25) is 0 Å². The van der Waals surface area contributed by atoms with Gasteiger partial charge in [0.1, 0.15) is 0 Å². The molecule has 0 saturated heterocycles. The maximum Gasteiger partial charge on any atom is 0.288 e. The first kappa shape index (κ1) is 26.0. The second-order valence-corrected chi connectivity index (χ2v) is 9.43. The standard InChI is InChI=1S/C27H26F2N6OS/c1-17-13-21(14-18(2)31-17)23-24(19-9-5-4-6-10-19)32-27(30)35(16-36)25(23)33-34(3)15-20-11-7-8-12-22(20)37-26(28)29/h4-14,16,26H,15H2,1-3H3,(H2,30,32)/b33-25-. The number of hydrogen-bond acceptors (Lipinski definition) is 7. The number of halogens is 2. The van der Waals surface area contributed by atoms with E-state index in [9.17, 15) is 13.6 Å². The van der Waals surface area contributed by atoms with Crippen LogP contribution in [0.15, 0.2) is 76.7 Å². The quantitative estimate of drug-likeness (QED) is 0.197. The molecule has 0 saturated carbocycles. The Labute approximate surface area is 217 Å². The highest BCUT2D eigenvalue weighted by Crippen LogP contribution is 2.31. The van der Waals surface area contributed by atoms with Crippen molar-refractivity contribution < 1.29 is 13.6 Å². The molecule has 10 heteroatoms. The smallest absolute Gasteiger partial charge is 0.288 e. The fourth-order valence-electron chi connectivity index (χ4n) is 4.10. The van der Waals surface area contributed by atoms with Crippen molar-refractivity contribution in [3.63, 3.8) is 0 Å². The molecule has 4 rings (SSSR count). The van der Waals surface area contributed by atoms with Crippen LogP contribution in [0, 0.1) is 13.8 Å². The molecule has 2 aromatic heterocycles. The molecule has 0 spiro atoms. The SMILES string of the molecule is Cc1cc(-c2c(-c3ccccc3)nc(N)n(C=O)/c2=N\N(C)Cc2ccccc2SC(F)F)cc(C)n1. The number of alkyl halides is 2. The predicted molar refractivity (Wildman–Crippen MR) is 142 cm³/mol. The number of carbonyl (C=O) groups excluding carboxylic acids is 1. The van der Waals surface area contributed by atoms with E-state index in [1.54, 1.807) is 36.3 Å². The van der Waals surface area contributed by atoms with Crippen molar-refractivity contribution >= 4 is 24.1 Å². The van der Waals surface area contributed by atoms with E-state index >= 15 is 0 Å². The molecule has 37 heavy (non-hydrogen) atoms. The van der Waals surface area contributed by atoms with Gasteiger partial charge in [-0.1, -0.05) is 60.3 Å². The molecular formula is C27H26F2N6OS. The Balaban J connectivity index is 1.96. The van der Waals surface area contributed by atoms with E-state index in [2.05, 4.69) is 9.97 Å². The third-order valence-electron chi connectivity index (χ3n) is 5.54. The van der Waals surface area contributed by atoms with Crippen LogP contribution in [0.5, 0.6) is 0 Å². The van der Waals surface area contributed by atoms with Gasteiger partial charge in [-0.05, 0) is 43.2 Å². The summed E-state index contributed by atoms with van der Waals surface area (Å²) in [6.45, 7) is 4.00. The van der Waals surface area contributed by atoms with Crippen LogP contribution in [0.25, 0.3) is 22.4 Å². The lowest BCUT2D eigenvalue weighted by Crippen LogP contribution is -2.31. The Kier molecular flexibility index (Phi) is 7.98. The van der Waals surface area contributed by atoms with Crippen LogP contribution in [0.3, 0.4) is 0 Å². The van der Waals surface area contributed by atoms with E-state index in [-0.39, 0.29) is 18.0 Å². The van der Waals surface area contributed by atoms with Gasteiger partial charge < -0.3 is 5.73 Å². The summed E-state index contributed by atoms with van der Waals surface area (Å²) in [6.07, 6.45) is 0.564. The fourth-order valence-corrected chi connectivity index (χ4v) is 4.73. The number of pyridine rings is 1. The minimum atomic E-state index is -2.54. The third-order valence-corrected chi connectivity index (χ3v) is 6.37. The number of aromatic nitrogens is 3. The molecule has 0 aliphatic heterocycles. The van der Waals surface area contributed by atoms with E-state index < -0.39 is 5.76 Å². The monoisotopic (exact) mass is 520 g/mol. The molecule has 4 aromatic rings. The van der Waals surface area contributed by atoms with Crippen molar-refractivity contribution in [1.82, 2.24) is 19.5 Å². The summed E-state index contributed by atoms with van der Waals surface area (Å²) < 4.78 is 27.4. The fraction of sp³-hybridized carbons (Fsp3) is 0.185. The topological polar surface area (TPSA) is 89.4 Å². The Bertz CT molecular complexity index is 1470. The number of aryl methyl sites for hydroxylation is 2. The van der Waals surface area contributed by atoms with Gasteiger partial charge in [-0.3, -0.25) is 14.8 Å². The summed E-state index contributed by atoms with van der Waals surface area (Å²) in [5, 5.41) is 6.35. The van der Waals surface area contributed by atoms with Gasteiger partial charge in [0, 0.05) is 28.9 Å². The van der Waals surface area contributed by atoms with Crippen molar-refractivity contribution in [1.29, 1.82) is 0 Å². The van der Waals surface area contributed by atoms with Gasteiger partial charge in [0.2, 0.25) is 12.4 Å². The normalized spacial score (nSPS) is 11.7. The maximum absolute atomic E-state index is 13.1. The van der Waals surface area contributed by atoms with Gasteiger partial charge in [0.05, 0.1) is 17.8 Å². The number of thioether (sulfide) groups is 1. The summed E-state index contributed by atoms with van der Waals surface area (Å²) in [4.78, 5) is 21.7. The zero-order valence-corrected chi connectivity index (χ0v) is 21.4. The highest BCUT2D eigenvalue weighted by atomic mass is 32.2. The molecule has 0 unspecified atom stereocenters. The van der Waals surface area contributed by atoms with Crippen molar-refractivity contribution in [2.45, 2.75) is 31.0 Å². The number of rotatable bonds is 8. The lowest BCUT2D eigenvalue weighted by molar-refractivity contribution is 0.252. The minimum Gasteiger partial charge on any atom is -0.369 e. The van der Waals surface area contributed by atoms with Gasteiger partial charge in [0.15, 0.2) is 5.49 Å². The van der Waals surface area contributed by atoms with E-state index in [0.717, 1.165) is 22.5 Å². The first-order valence-electron chi connectivity index (χ1n) is 11.4. The van der Waals surface area contributed by atoms with Crippen molar-refractivity contribution in [2.24, 2.45) is 5.10 Å². The average molecular weight is 521 g/mol. The Hall–Kier alpha value is -4.05. The van der Waals surface area contributed by atoms with Crippen LogP contribution >= 0.6 is 11.8 Å². The second-order valence-electron chi connectivity index (χ2n) is 8.40. The molecule has 0 aliphatic carbocycles. The van der Waals surface area contributed by atoms with Gasteiger partial charge in [-0.15, -0.1) is 0 Å². The molecule has 0 amide bonds. The molecular weight excluding hydrogens is 494 g/mol. The molecule has 0 atom stereocenters. The first-order valence-corrected chi connectivity index (χ1v) is 12.3. The Morgan fingerprint density at radius 2 is 1.68 bits per heavy atom. The number of benzene rings is 2. The number of nitrogen functional groups attached to an aromatic ring is 1. The molecule has 2 aromatic carbocycles. The second kappa shape index (κ2) is 11.3. The maximum atomic E-state index is 13.1. The number of carbonyl (C=O) groups is 1. The van der Waals surface area contributed by atoms with Crippen LogP contribution in [-0.4, -0.2) is 38.8 Å². The van der Waals surface area contributed by atoms with Gasteiger partial charge >= 0.3 is 0 Å². The van der Waals surface area contributed by atoms with Crippen LogP contribution < -0.4 is 11.2 Å². The summed E-state index contributed by atoms with van der Waals surface area (Å²) in [5.74, 6) is -2.57. The highest BCUT2D eigenvalue weighted by Gasteiger charge is 2.19. The number of nitrogens with two attached hydrogens (primary N) is 1. The molecule has 0 radical (unpaired) electrons. The highest BCUT2D eigenvalue weighted by molar-refractivity contribution is 7.99. The molecule has 7 nitrogen and oxygen atoms in total. The number of anilines is 1. The molecule has 0 bridgehead atoms. The lowest BCUT2D eigenvalue weighted by Gasteiger charge is -2.19. The molecule has 0 fully saturated rings. The van der Waals surface area contributed by atoms with Crippen LogP contribution in [0.4, 0.5) is 14.7 Å². The van der Waals surface area contributed by atoms with Crippen molar-refractivity contribution in [3.8, 4) is 22.4 Å². The largest absolute Gasteiger partial charge is 0.369 e. The van der Waals surface area contributed by atoms with Crippen molar-refractivity contribution in [2.75, 3.05) is 12.8 Å². The summed E-state index contributed by atoms with van der Waals surface area (Å²) in [5.41, 5.74) is 11.5. The van der Waals surface area contributed by atoms with E-state index in [1.165, 1.54) is 4.57 Å². The van der Waals surface area contributed by atoms with E-state index in [1.807, 2.05) is 56.3 Å². The average Bonchev–Trinajstić information content (AvgIpc) is 2.84. The molecule has 2 heterocycles. The number of nitrogens with zero attached hydrogens (tertiary/aromatic N) is 5. The summed E-state index contributed by atoms with van der Waals surface area (Å²) in [7, 11) is 1.71. The first-order chi connectivity index (χ1) is 17.8. The Morgan fingerprint density at radius 1 is 1.03 bits per heavy atom. The summed E-state index contributed by atoms with van der Waals surface area (Å²) in [6, 6.07) is 20.2. The number of hydrogen-bond donors (Lipinski definition) is 1. The Morgan fingerprint density at radius 3 is 2.32 bits per heavy atom. The van der Waals surface area contributed by atoms with E-state index in [0.29, 0.717) is 39.9 Å². The minimum absolute atomic E-state index is 0.0269. The molecule has 190 valence electrons. The third kappa shape index (κ3) is 6.03. The van der Waals surface area contributed by atoms with Crippen molar-refractivity contribution in [3.05, 3.63) is 89.2 Å². The van der Waals surface area contributed by atoms with Gasteiger partial charge in [0.25, 0.3) is 5.76 Å². The predicted octanol–water partition coefficient (Wildman–Crippen LogP) is 5.11. The zero-order chi connectivity index (χ0) is 26.5. The molecule has 0 aliphatic rings. The van der Waals surface area contributed by atoms with Gasteiger partial charge in [-0.2, -0.15) is 13.9 Å². The van der Waals surface area contributed by atoms with Crippen LogP contribution in [0.1, 0.15) is 17.0 Å². The zero-order valence-electron chi connectivity index (χ0n) is 20.6.